The molecule has 0 saturated heterocycles. The Bertz CT molecular complexity index is 676. The molecule has 0 bridgehead atoms. The van der Waals surface area contributed by atoms with E-state index in [9.17, 15) is 5.11 Å². The van der Waals surface area contributed by atoms with Crippen LogP contribution < -0.4 is 5.32 Å². The van der Waals surface area contributed by atoms with Crippen LogP contribution in [0.15, 0.2) is 48.5 Å². The lowest BCUT2D eigenvalue weighted by Crippen LogP contribution is -2.21. The van der Waals surface area contributed by atoms with E-state index in [0.29, 0.717) is 0 Å². The predicted octanol–water partition coefficient (Wildman–Crippen LogP) is 4.10. The number of nitrogens with one attached hydrogen (secondary N) is 1. The fraction of sp³-hybridized carbons (Fsp3) is 0.300. The van der Waals surface area contributed by atoms with Gasteiger partial charge in [0, 0.05) is 18.2 Å². The first kappa shape index (κ1) is 14.9. The fourth-order valence-electron chi connectivity index (χ4n) is 3.19. The fourth-order valence-corrected chi connectivity index (χ4v) is 3.19. The zero-order valence-electron chi connectivity index (χ0n) is 13.2. The number of rotatable bonds is 2. The monoisotopic (exact) mass is 293 g/mol. The Hall–Kier alpha value is -2.06. The molecule has 2 heteroatoms. The first-order chi connectivity index (χ1) is 10.6. The van der Waals surface area contributed by atoms with Gasteiger partial charge in [-0.1, -0.05) is 48.6 Å². The van der Waals surface area contributed by atoms with Crippen molar-refractivity contribution in [3.63, 3.8) is 0 Å². The van der Waals surface area contributed by atoms with Crippen molar-refractivity contribution in [3.8, 4) is 0 Å². The third-order valence-electron chi connectivity index (χ3n) is 4.24. The molecular formula is C20H23NO. The normalized spacial score (nSPS) is 21.2. The number of anilines is 1. The molecule has 1 aliphatic heterocycles. The lowest BCUT2D eigenvalue weighted by atomic mass is 9.98. The quantitative estimate of drug-likeness (QED) is 0.873. The Balaban J connectivity index is 1.86. The van der Waals surface area contributed by atoms with E-state index >= 15 is 0 Å². The van der Waals surface area contributed by atoms with Crippen molar-refractivity contribution in [1.82, 2.24) is 0 Å². The van der Waals surface area contributed by atoms with Crippen LogP contribution in [0.25, 0.3) is 6.08 Å². The highest BCUT2D eigenvalue weighted by atomic mass is 16.3. The van der Waals surface area contributed by atoms with Gasteiger partial charge in [-0.3, -0.25) is 0 Å². The van der Waals surface area contributed by atoms with Gasteiger partial charge < -0.3 is 10.4 Å². The highest BCUT2D eigenvalue weighted by Crippen LogP contribution is 2.29. The third-order valence-corrected chi connectivity index (χ3v) is 4.24. The van der Waals surface area contributed by atoms with Crippen molar-refractivity contribution < 1.29 is 5.11 Å². The summed E-state index contributed by atoms with van der Waals surface area (Å²) in [5.74, 6) is 0. The summed E-state index contributed by atoms with van der Waals surface area (Å²) < 4.78 is 0. The van der Waals surface area contributed by atoms with Crippen LogP contribution in [0.5, 0.6) is 0 Å². The number of fused-ring (bicyclic) bond motifs is 1. The van der Waals surface area contributed by atoms with E-state index in [2.05, 4.69) is 55.6 Å². The zero-order chi connectivity index (χ0) is 15.5. The first-order valence-corrected chi connectivity index (χ1v) is 7.90. The van der Waals surface area contributed by atoms with Gasteiger partial charge in [-0.25, -0.2) is 0 Å². The Morgan fingerprint density at radius 3 is 2.68 bits per heavy atom. The van der Waals surface area contributed by atoms with Crippen molar-refractivity contribution in [1.29, 1.82) is 0 Å². The highest BCUT2D eigenvalue weighted by molar-refractivity contribution is 5.60. The van der Waals surface area contributed by atoms with Crippen LogP contribution in [0.2, 0.25) is 0 Å². The Labute approximate surface area is 132 Å². The van der Waals surface area contributed by atoms with E-state index in [1.165, 1.54) is 22.3 Å². The summed E-state index contributed by atoms with van der Waals surface area (Å²) in [5.41, 5.74) is 6.11. The molecule has 0 amide bonds. The molecule has 3 rings (SSSR count). The van der Waals surface area contributed by atoms with Crippen LogP contribution in [0.4, 0.5) is 5.69 Å². The van der Waals surface area contributed by atoms with Gasteiger partial charge in [0.1, 0.15) is 0 Å². The number of hydrogen-bond acceptors (Lipinski definition) is 2. The molecule has 1 aliphatic rings. The molecule has 0 spiro atoms. The number of aryl methyl sites for hydroxylation is 2. The minimum atomic E-state index is -0.305. The average molecular weight is 293 g/mol. The van der Waals surface area contributed by atoms with Gasteiger partial charge in [-0.05, 0) is 48.6 Å². The molecule has 2 nitrogen and oxygen atoms in total. The smallest absolute Gasteiger partial charge is 0.0604 e. The SMILES string of the molecule is Cc1cc(C)c2c(c1)N[C@H](/C=C/c1ccccc1)C[C@@H](O)C2. The van der Waals surface area contributed by atoms with E-state index in [4.69, 9.17) is 0 Å². The Kier molecular flexibility index (Phi) is 4.30. The van der Waals surface area contributed by atoms with Gasteiger partial charge in [0.25, 0.3) is 0 Å². The summed E-state index contributed by atoms with van der Waals surface area (Å²) in [6.45, 7) is 4.24. The van der Waals surface area contributed by atoms with Crippen LogP contribution in [-0.2, 0) is 6.42 Å². The van der Waals surface area contributed by atoms with Crippen LogP contribution in [0.1, 0.15) is 28.7 Å². The molecule has 114 valence electrons. The minimum absolute atomic E-state index is 0.151. The van der Waals surface area contributed by atoms with Gasteiger partial charge in [-0.2, -0.15) is 0 Å². The molecule has 2 atom stereocenters. The maximum atomic E-state index is 10.3. The van der Waals surface area contributed by atoms with Gasteiger partial charge >= 0.3 is 0 Å². The lowest BCUT2D eigenvalue weighted by molar-refractivity contribution is 0.165. The third kappa shape index (κ3) is 3.40. The summed E-state index contributed by atoms with van der Waals surface area (Å²) in [4.78, 5) is 0. The molecule has 0 aromatic heterocycles. The number of aliphatic hydroxyl groups is 1. The van der Waals surface area contributed by atoms with Crippen LogP contribution in [0, 0.1) is 13.8 Å². The second-order valence-electron chi connectivity index (χ2n) is 6.22. The van der Waals surface area contributed by atoms with Crippen molar-refractivity contribution in [2.24, 2.45) is 0 Å². The summed E-state index contributed by atoms with van der Waals surface area (Å²) in [5, 5.41) is 13.9. The van der Waals surface area contributed by atoms with Crippen molar-refractivity contribution >= 4 is 11.8 Å². The van der Waals surface area contributed by atoms with Gasteiger partial charge in [-0.15, -0.1) is 0 Å². The Morgan fingerprint density at radius 1 is 1.14 bits per heavy atom. The van der Waals surface area contributed by atoms with E-state index < -0.39 is 0 Å². The predicted molar refractivity (Wildman–Crippen MR) is 93.1 cm³/mol. The van der Waals surface area contributed by atoms with Crippen LogP contribution in [-0.4, -0.2) is 17.3 Å². The summed E-state index contributed by atoms with van der Waals surface area (Å²) >= 11 is 0. The summed E-state index contributed by atoms with van der Waals surface area (Å²) in [6.07, 6.45) is 5.44. The van der Waals surface area contributed by atoms with Gasteiger partial charge in [0.05, 0.1) is 6.10 Å². The molecule has 2 N–H and O–H groups in total. The van der Waals surface area contributed by atoms with Crippen molar-refractivity contribution in [3.05, 3.63) is 70.8 Å². The minimum Gasteiger partial charge on any atom is -0.393 e. The topological polar surface area (TPSA) is 32.3 Å². The van der Waals surface area contributed by atoms with E-state index in [1.807, 2.05) is 18.2 Å². The van der Waals surface area contributed by atoms with Gasteiger partial charge in [0.2, 0.25) is 0 Å². The van der Waals surface area contributed by atoms with Crippen LogP contribution >= 0.6 is 0 Å². The average Bonchev–Trinajstić information content (AvgIpc) is 2.65. The molecule has 2 aromatic carbocycles. The maximum Gasteiger partial charge on any atom is 0.0604 e. The molecule has 2 aromatic rings. The molecular weight excluding hydrogens is 270 g/mol. The summed E-state index contributed by atoms with van der Waals surface area (Å²) in [7, 11) is 0. The lowest BCUT2D eigenvalue weighted by Gasteiger charge is -2.16. The molecule has 0 unspecified atom stereocenters. The highest BCUT2D eigenvalue weighted by Gasteiger charge is 2.21. The molecule has 22 heavy (non-hydrogen) atoms. The molecule has 1 heterocycles. The molecule has 0 aliphatic carbocycles. The van der Waals surface area contributed by atoms with Crippen molar-refractivity contribution in [2.75, 3.05) is 5.32 Å². The zero-order valence-corrected chi connectivity index (χ0v) is 13.2. The number of hydrogen-bond donors (Lipinski definition) is 2. The molecule has 0 fully saturated rings. The second-order valence-corrected chi connectivity index (χ2v) is 6.22. The number of aliphatic hydroxyl groups excluding tert-OH is 1. The first-order valence-electron chi connectivity index (χ1n) is 7.90. The van der Waals surface area contributed by atoms with E-state index in [1.54, 1.807) is 0 Å². The largest absolute Gasteiger partial charge is 0.393 e. The van der Waals surface area contributed by atoms with Gasteiger partial charge in [0.15, 0.2) is 0 Å². The summed E-state index contributed by atoms with van der Waals surface area (Å²) in [6, 6.07) is 14.8. The molecule has 0 saturated carbocycles. The maximum absolute atomic E-state index is 10.3. The second kappa shape index (κ2) is 6.37. The van der Waals surface area contributed by atoms with E-state index in [-0.39, 0.29) is 12.1 Å². The molecule has 0 radical (unpaired) electrons. The van der Waals surface area contributed by atoms with E-state index in [0.717, 1.165) is 18.5 Å². The van der Waals surface area contributed by atoms with Crippen LogP contribution in [0.3, 0.4) is 0 Å². The number of benzene rings is 2. The standard InChI is InChI=1S/C20H23NO/c1-14-10-15(2)19-13-18(22)12-17(21-20(19)11-14)9-8-16-6-4-3-5-7-16/h3-11,17-18,21-22H,12-13H2,1-2H3/b9-8+/t17-,18-/m1/s1. The Morgan fingerprint density at radius 2 is 1.91 bits per heavy atom. The van der Waals surface area contributed by atoms with Crippen molar-refractivity contribution in [2.45, 2.75) is 38.8 Å².